The minimum Gasteiger partial charge on any atom is -0.497 e. The minimum absolute atomic E-state index is 0.0654. The van der Waals surface area contributed by atoms with Crippen molar-refractivity contribution in [3.63, 3.8) is 0 Å². The Labute approximate surface area is 194 Å². The Hall–Kier alpha value is -3.85. The molecule has 8 nitrogen and oxygen atoms in total. The lowest BCUT2D eigenvalue weighted by molar-refractivity contribution is -0.127. The largest absolute Gasteiger partial charge is 0.497 e. The van der Waals surface area contributed by atoms with Gasteiger partial charge in [0.1, 0.15) is 5.75 Å². The molecule has 0 N–H and O–H groups in total. The maximum absolute atomic E-state index is 13.4. The van der Waals surface area contributed by atoms with Crippen LogP contribution in [0.1, 0.15) is 0 Å². The molecule has 0 saturated carbocycles. The molecule has 9 heteroatoms. The van der Waals surface area contributed by atoms with Crippen LogP contribution in [0.4, 0.5) is 0 Å². The number of methoxy groups -OCH3 is 1. The number of amides is 1. The molecule has 4 rings (SSSR count). The Morgan fingerprint density at radius 1 is 1.09 bits per heavy atom. The number of hydrogen-bond acceptors (Lipinski definition) is 6. The highest BCUT2D eigenvalue weighted by Crippen LogP contribution is 2.24. The van der Waals surface area contributed by atoms with Gasteiger partial charge in [-0.05, 0) is 36.4 Å². The Bertz CT molecular complexity index is 1380. The van der Waals surface area contributed by atoms with E-state index in [1.165, 1.54) is 16.3 Å². The van der Waals surface area contributed by atoms with Crippen molar-refractivity contribution in [1.82, 2.24) is 24.1 Å². The maximum Gasteiger partial charge on any atom is 0.267 e. The van der Waals surface area contributed by atoms with Gasteiger partial charge in [-0.25, -0.2) is 4.57 Å². The molecular formula is C24H23N5O3S. The van der Waals surface area contributed by atoms with Gasteiger partial charge in [-0.2, -0.15) is 0 Å². The zero-order valence-corrected chi connectivity index (χ0v) is 19.0. The van der Waals surface area contributed by atoms with Gasteiger partial charge in [0, 0.05) is 13.1 Å². The first kappa shape index (κ1) is 22.3. The van der Waals surface area contributed by atoms with E-state index in [0.29, 0.717) is 46.4 Å². The normalized spacial score (nSPS) is 10.9. The van der Waals surface area contributed by atoms with E-state index < -0.39 is 0 Å². The highest BCUT2D eigenvalue weighted by Gasteiger charge is 2.19. The van der Waals surface area contributed by atoms with Crippen molar-refractivity contribution < 1.29 is 9.53 Å². The molecule has 0 fully saturated rings. The highest BCUT2D eigenvalue weighted by molar-refractivity contribution is 7.99. The van der Waals surface area contributed by atoms with Crippen LogP contribution in [0.25, 0.3) is 22.4 Å². The summed E-state index contributed by atoms with van der Waals surface area (Å²) in [5.74, 6) is 1.15. The van der Waals surface area contributed by atoms with Crippen LogP contribution in [0.15, 0.2) is 83.8 Å². The summed E-state index contributed by atoms with van der Waals surface area (Å²) in [7, 11) is 1.59. The van der Waals surface area contributed by atoms with Crippen molar-refractivity contribution in [2.24, 2.45) is 0 Å². The smallest absolute Gasteiger partial charge is 0.267 e. The molecule has 0 spiro atoms. The van der Waals surface area contributed by atoms with E-state index in [9.17, 15) is 9.59 Å². The molecular weight excluding hydrogens is 438 g/mol. The second-order valence-electron chi connectivity index (χ2n) is 7.14. The number of carbonyl (C=O) groups is 1. The van der Waals surface area contributed by atoms with E-state index in [4.69, 9.17) is 4.74 Å². The van der Waals surface area contributed by atoms with E-state index >= 15 is 0 Å². The summed E-state index contributed by atoms with van der Waals surface area (Å²) in [6.07, 6.45) is 3.36. The molecule has 0 aliphatic rings. The SMILES string of the molecule is C=CCN(CC=C)C(=O)CSc1nnc2n(-c3ccc(OC)cc3)c(=O)c3ccccc3n12. The second-order valence-corrected chi connectivity index (χ2v) is 8.08. The summed E-state index contributed by atoms with van der Waals surface area (Å²) in [5.41, 5.74) is 1.11. The molecule has 0 saturated heterocycles. The first-order valence-corrected chi connectivity index (χ1v) is 11.2. The van der Waals surface area contributed by atoms with Crippen LogP contribution in [0.5, 0.6) is 5.75 Å². The molecule has 168 valence electrons. The van der Waals surface area contributed by atoms with Crippen LogP contribution in [0.3, 0.4) is 0 Å². The van der Waals surface area contributed by atoms with Gasteiger partial charge in [0.2, 0.25) is 11.7 Å². The van der Waals surface area contributed by atoms with E-state index in [1.807, 2.05) is 22.6 Å². The van der Waals surface area contributed by atoms with Crippen LogP contribution in [-0.2, 0) is 4.79 Å². The number of rotatable bonds is 9. The number of para-hydroxylation sites is 1. The summed E-state index contributed by atoms with van der Waals surface area (Å²) in [6, 6.07) is 14.4. The standard InChI is InChI=1S/C24H23N5O3S/c1-4-14-27(15-5-2)21(30)16-33-24-26-25-23-28(17-10-12-18(32-3)13-11-17)22(31)19-8-6-7-9-20(19)29(23)24/h4-13H,1-2,14-16H2,3H3. The Morgan fingerprint density at radius 2 is 1.79 bits per heavy atom. The zero-order valence-electron chi connectivity index (χ0n) is 18.2. The van der Waals surface area contributed by atoms with Gasteiger partial charge in [0.15, 0.2) is 5.16 Å². The lowest BCUT2D eigenvalue weighted by Gasteiger charge is -2.18. The van der Waals surface area contributed by atoms with E-state index in [-0.39, 0.29) is 17.2 Å². The fraction of sp³-hybridized carbons (Fsp3) is 0.167. The van der Waals surface area contributed by atoms with E-state index in [0.717, 1.165) is 0 Å². The van der Waals surface area contributed by atoms with Crippen molar-refractivity contribution in [3.8, 4) is 11.4 Å². The molecule has 2 aromatic heterocycles. The third-order valence-corrected chi connectivity index (χ3v) is 6.02. The first-order valence-electron chi connectivity index (χ1n) is 10.2. The molecule has 0 aliphatic carbocycles. The summed E-state index contributed by atoms with van der Waals surface area (Å²) >= 11 is 1.27. The molecule has 0 atom stereocenters. The van der Waals surface area contributed by atoms with Crippen molar-refractivity contribution in [3.05, 3.63) is 84.2 Å². The molecule has 0 bridgehead atoms. The molecule has 0 aliphatic heterocycles. The molecule has 4 aromatic rings. The Morgan fingerprint density at radius 3 is 2.45 bits per heavy atom. The third-order valence-electron chi connectivity index (χ3n) is 5.10. The average Bonchev–Trinajstić information content (AvgIpc) is 3.26. The van der Waals surface area contributed by atoms with Gasteiger partial charge < -0.3 is 9.64 Å². The molecule has 0 radical (unpaired) electrons. The minimum atomic E-state index is -0.202. The fourth-order valence-corrected chi connectivity index (χ4v) is 4.39. The summed E-state index contributed by atoms with van der Waals surface area (Å²) in [4.78, 5) is 27.7. The molecule has 33 heavy (non-hydrogen) atoms. The Balaban J connectivity index is 1.81. The highest BCUT2D eigenvalue weighted by atomic mass is 32.2. The van der Waals surface area contributed by atoms with Crippen molar-refractivity contribution >= 4 is 34.3 Å². The molecule has 2 heterocycles. The van der Waals surface area contributed by atoms with E-state index in [2.05, 4.69) is 23.4 Å². The lowest BCUT2D eigenvalue weighted by Crippen LogP contribution is -2.32. The van der Waals surface area contributed by atoms with Crippen LogP contribution in [-0.4, -0.2) is 55.9 Å². The fourth-order valence-electron chi connectivity index (χ4n) is 3.54. The lowest BCUT2D eigenvalue weighted by atomic mass is 10.2. The van der Waals surface area contributed by atoms with Gasteiger partial charge in [0.25, 0.3) is 5.56 Å². The van der Waals surface area contributed by atoms with Crippen LogP contribution >= 0.6 is 11.8 Å². The van der Waals surface area contributed by atoms with Gasteiger partial charge in [-0.1, -0.05) is 36.0 Å². The number of thioether (sulfide) groups is 1. The first-order chi connectivity index (χ1) is 16.1. The predicted molar refractivity (Wildman–Crippen MR) is 130 cm³/mol. The number of nitrogens with zero attached hydrogens (tertiary/aromatic N) is 5. The summed E-state index contributed by atoms with van der Waals surface area (Å²) in [5, 5.41) is 9.66. The number of ether oxygens (including phenoxy) is 1. The van der Waals surface area contributed by atoms with Crippen LogP contribution in [0.2, 0.25) is 0 Å². The summed E-state index contributed by atoms with van der Waals surface area (Å²) in [6.45, 7) is 8.29. The van der Waals surface area contributed by atoms with Gasteiger partial charge in [-0.15, -0.1) is 23.4 Å². The number of fused-ring (bicyclic) bond motifs is 3. The molecule has 1 amide bonds. The second kappa shape index (κ2) is 9.74. The van der Waals surface area contributed by atoms with Gasteiger partial charge >= 0.3 is 0 Å². The van der Waals surface area contributed by atoms with Crippen molar-refractivity contribution in [2.45, 2.75) is 5.16 Å². The van der Waals surface area contributed by atoms with Crippen molar-refractivity contribution in [1.29, 1.82) is 0 Å². The number of aromatic nitrogens is 4. The van der Waals surface area contributed by atoms with Gasteiger partial charge in [-0.3, -0.25) is 14.0 Å². The van der Waals surface area contributed by atoms with E-state index in [1.54, 1.807) is 54.5 Å². The Kier molecular flexibility index (Phi) is 6.60. The quantitative estimate of drug-likeness (QED) is 0.281. The molecule has 0 unspecified atom stereocenters. The van der Waals surface area contributed by atoms with Gasteiger partial charge in [0.05, 0.1) is 29.5 Å². The molecule has 2 aromatic carbocycles. The van der Waals surface area contributed by atoms with Crippen LogP contribution < -0.4 is 10.3 Å². The number of benzene rings is 2. The average molecular weight is 462 g/mol. The zero-order chi connectivity index (χ0) is 23.4. The third kappa shape index (κ3) is 4.27. The summed E-state index contributed by atoms with van der Waals surface area (Å²) < 4.78 is 8.56. The van der Waals surface area contributed by atoms with Crippen molar-refractivity contribution in [2.75, 3.05) is 26.0 Å². The monoisotopic (exact) mass is 461 g/mol. The predicted octanol–water partition coefficient (Wildman–Crippen LogP) is 3.33. The maximum atomic E-state index is 13.4. The number of hydrogen-bond donors (Lipinski definition) is 0. The number of carbonyl (C=O) groups excluding carboxylic acids is 1. The topological polar surface area (TPSA) is 81.7 Å². The van der Waals surface area contributed by atoms with Crippen LogP contribution in [0, 0.1) is 0 Å².